The Balaban J connectivity index is 2.80. The van der Waals surface area contributed by atoms with Gasteiger partial charge in [-0.15, -0.1) is 6.42 Å². The van der Waals surface area contributed by atoms with Crippen LogP contribution in [0.25, 0.3) is 0 Å². The van der Waals surface area contributed by atoms with Crippen molar-refractivity contribution in [1.29, 1.82) is 0 Å². The summed E-state index contributed by atoms with van der Waals surface area (Å²) >= 11 is 0. The molecule has 0 spiro atoms. The lowest BCUT2D eigenvalue weighted by Gasteiger charge is -2.12. The van der Waals surface area contributed by atoms with E-state index in [1.807, 2.05) is 0 Å². The second-order valence-corrected chi connectivity index (χ2v) is 2.97. The standard InChI is InChI=1S/C11H11F2N/c1-3-6-14-8(2)10-5-4-9(12)7-11(10)13/h1,4-5,7-8,14H,6H2,2H3. The summed E-state index contributed by atoms with van der Waals surface area (Å²) in [5.41, 5.74) is 0.418. The smallest absolute Gasteiger partial charge is 0.130 e. The van der Waals surface area contributed by atoms with Gasteiger partial charge in [-0.1, -0.05) is 12.0 Å². The van der Waals surface area contributed by atoms with Crippen LogP contribution in [0.5, 0.6) is 0 Å². The predicted octanol–water partition coefficient (Wildman–Crippen LogP) is 2.25. The number of hydrogen-bond donors (Lipinski definition) is 1. The molecule has 14 heavy (non-hydrogen) atoms. The van der Waals surface area contributed by atoms with Crippen LogP contribution in [0.4, 0.5) is 8.78 Å². The molecule has 0 saturated heterocycles. The molecule has 1 N–H and O–H groups in total. The molecule has 1 aromatic carbocycles. The Kier molecular flexibility index (Phi) is 3.61. The summed E-state index contributed by atoms with van der Waals surface area (Å²) in [5.74, 6) is 1.26. The number of terminal acetylenes is 1. The first-order valence-electron chi connectivity index (χ1n) is 4.27. The van der Waals surface area contributed by atoms with E-state index < -0.39 is 11.6 Å². The van der Waals surface area contributed by atoms with Crippen molar-refractivity contribution in [3.8, 4) is 12.3 Å². The van der Waals surface area contributed by atoms with E-state index >= 15 is 0 Å². The quantitative estimate of drug-likeness (QED) is 0.729. The average Bonchev–Trinajstić information content (AvgIpc) is 2.14. The largest absolute Gasteiger partial charge is 0.299 e. The van der Waals surface area contributed by atoms with Crippen LogP contribution in [0.3, 0.4) is 0 Å². The molecule has 1 unspecified atom stereocenters. The summed E-state index contributed by atoms with van der Waals surface area (Å²) in [7, 11) is 0. The molecule has 0 radical (unpaired) electrons. The van der Waals surface area contributed by atoms with Gasteiger partial charge in [-0.2, -0.15) is 0 Å². The van der Waals surface area contributed by atoms with Gasteiger partial charge in [0.15, 0.2) is 0 Å². The van der Waals surface area contributed by atoms with Crippen molar-refractivity contribution in [2.45, 2.75) is 13.0 Å². The van der Waals surface area contributed by atoms with Crippen molar-refractivity contribution in [2.75, 3.05) is 6.54 Å². The zero-order valence-electron chi connectivity index (χ0n) is 7.85. The topological polar surface area (TPSA) is 12.0 Å². The van der Waals surface area contributed by atoms with Gasteiger partial charge in [0.05, 0.1) is 6.54 Å². The summed E-state index contributed by atoms with van der Waals surface area (Å²) in [5, 5.41) is 2.91. The fraction of sp³-hybridized carbons (Fsp3) is 0.273. The first kappa shape index (κ1) is 10.7. The summed E-state index contributed by atoms with van der Waals surface area (Å²) in [6.45, 7) is 2.13. The average molecular weight is 195 g/mol. The lowest BCUT2D eigenvalue weighted by atomic mass is 10.1. The third-order valence-corrected chi connectivity index (χ3v) is 1.94. The minimum absolute atomic E-state index is 0.216. The van der Waals surface area contributed by atoms with Gasteiger partial charge < -0.3 is 0 Å². The molecular weight excluding hydrogens is 184 g/mol. The van der Waals surface area contributed by atoms with E-state index in [4.69, 9.17) is 6.42 Å². The Bertz CT molecular complexity index is 355. The normalized spacial score (nSPS) is 12.1. The van der Waals surface area contributed by atoms with E-state index in [2.05, 4.69) is 11.2 Å². The van der Waals surface area contributed by atoms with Crippen LogP contribution < -0.4 is 5.32 Å². The fourth-order valence-corrected chi connectivity index (χ4v) is 1.17. The SMILES string of the molecule is C#CCNC(C)c1ccc(F)cc1F. The molecule has 0 aromatic heterocycles. The summed E-state index contributed by atoms with van der Waals surface area (Å²) in [6.07, 6.45) is 5.05. The molecule has 0 aliphatic heterocycles. The minimum Gasteiger partial charge on any atom is -0.299 e. The fourth-order valence-electron chi connectivity index (χ4n) is 1.17. The monoisotopic (exact) mass is 195 g/mol. The van der Waals surface area contributed by atoms with Crippen LogP contribution in [-0.2, 0) is 0 Å². The maximum absolute atomic E-state index is 13.2. The minimum atomic E-state index is -0.574. The van der Waals surface area contributed by atoms with Crippen molar-refractivity contribution >= 4 is 0 Å². The molecule has 1 nitrogen and oxygen atoms in total. The molecule has 0 fully saturated rings. The Labute approximate surface area is 82.1 Å². The molecular formula is C11H11F2N. The van der Waals surface area contributed by atoms with Gasteiger partial charge >= 0.3 is 0 Å². The van der Waals surface area contributed by atoms with Gasteiger partial charge in [-0.3, -0.25) is 5.32 Å². The maximum Gasteiger partial charge on any atom is 0.130 e. The van der Waals surface area contributed by atoms with Crippen LogP contribution in [0, 0.1) is 24.0 Å². The Morgan fingerprint density at radius 3 is 2.79 bits per heavy atom. The molecule has 0 amide bonds. The Morgan fingerprint density at radius 2 is 2.21 bits per heavy atom. The first-order valence-corrected chi connectivity index (χ1v) is 4.27. The second-order valence-electron chi connectivity index (χ2n) is 2.97. The highest BCUT2D eigenvalue weighted by Crippen LogP contribution is 2.17. The van der Waals surface area contributed by atoms with Crippen LogP contribution in [0.2, 0.25) is 0 Å². The van der Waals surface area contributed by atoms with E-state index in [0.717, 1.165) is 6.07 Å². The molecule has 0 aliphatic carbocycles. The number of hydrogen-bond acceptors (Lipinski definition) is 1. The van der Waals surface area contributed by atoms with Crippen molar-refractivity contribution < 1.29 is 8.78 Å². The molecule has 3 heteroatoms. The predicted molar refractivity (Wildman–Crippen MR) is 51.6 cm³/mol. The van der Waals surface area contributed by atoms with E-state index in [0.29, 0.717) is 12.1 Å². The van der Waals surface area contributed by atoms with Crippen molar-refractivity contribution in [3.05, 3.63) is 35.4 Å². The second kappa shape index (κ2) is 4.73. The van der Waals surface area contributed by atoms with Crippen LogP contribution in [0.1, 0.15) is 18.5 Å². The molecule has 0 heterocycles. The van der Waals surface area contributed by atoms with E-state index in [1.54, 1.807) is 6.92 Å². The zero-order chi connectivity index (χ0) is 10.6. The molecule has 1 atom stereocenters. The summed E-state index contributed by atoms with van der Waals surface area (Å²) in [4.78, 5) is 0. The molecule has 0 aliphatic rings. The highest BCUT2D eigenvalue weighted by atomic mass is 19.1. The van der Waals surface area contributed by atoms with E-state index in [9.17, 15) is 8.78 Å². The number of rotatable bonds is 3. The van der Waals surface area contributed by atoms with E-state index in [1.165, 1.54) is 12.1 Å². The highest BCUT2D eigenvalue weighted by Gasteiger charge is 2.10. The Morgan fingerprint density at radius 1 is 1.50 bits per heavy atom. The van der Waals surface area contributed by atoms with Crippen LogP contribution >= 0.6 is 0 Å². The number of halogens is 2. The van der Waals surface area contributed by atoms with Gasteiger partial charge in [0.1, 0.15) is 11.6 Å². The number of benzene rings is 1. The maximum atomic E-state index is 13.2. The highest BCUT2D eigenvalue weighted by molar-refractivity contribution is 5.21. The summed E-state index contributed by atoms with van der Waals surface area (Å²) in [6, 6.07) is 3.29. The van der Waals surface area contributed by atoms with Crippen LogP contribution in [-0.4, -0.2) is 6.54 Å². The van der Waals surface area contributed by atoms with Crippen molar-refractivity contribution in [3.63, 3.8) is 0 Å². The third kappa shape index (κ3) is 2.54. The lowest BCUT2D eigenvalue weighted by Crippen LogP contribution is -2.19. The van der Waals surface area contributed by atoms with Crippen LogP contribution in [0.15, 0.2) is 18.2 Å². The van der Waals surface area contributed by atoms with Gasteiger partial charge in [0, 0.05) is 17.7 Å². The van der Waals surface area contributed by atoms with Crippen molar-refractivity contribution in [1.82, 2.24) is 5.32 Å². The van der Waals surface area contributed by atoms with Crippen molar-refractivity contribution in [2.24, 2.45) is 0 Å². The molecule has 0 saturated carbocycles. The molecule has 0 bridgehead atoms. The molecule has 1 aromatic rings. The zero-order valence-corrected chi connectivity index (χ0v) is 7.85. The van der Waals surface area contributed by atoms with Gasteiger partial charge in [-0.05, 0) is 13.0 Å². The lowest BCUT2D eigenvalue weighted by molar-refractivity contribution is 0.535. The first-order chi connectivity index (χ1) is 6.65. The third-order valence-electron chi connectivity index (χ3n) is 1.94. The number of nitrogens with one attached hydrogen (secondary N) is 1. The van der Waals surface area contributed by atoms with Gasteiger partial charge in [-0.25, -0.2) is 8.78 Å². The van der Waals surface area contributed by atoms with E-state index in [-0.39, 0.29) is 6.04 Å². The molecule has 74 valence electrons. The Hall–Kier alpha value is -1.40. The van der Waals surface area contributed by atoms with Gasteiger partial charge in [0.2, 0.25) is 0 Å². The molecule has 1 rings (SSSR count). The summed E-state index contributed by atoms with van der Waals surface area (Å²) < 4.78 is 25.8. The van der Waals surface area contributed by atoms with Gasteiger partial charge in [0.25, 0.3) is 0 Å².